The highest BCUT2D eigenvalue weighted by Gasteiger charge is 2.12. The van der Waals surface area contributed by atoms with E-state index in [1.165, 1.54) is 0 Å². The molecular formula is C13H14ClNOS. The first-order valence-electron chi connectivity index (χ1n) is 5.52. The zero-order chi connectivity index (χ0) is 12.1. The van der Waals surface area contributed by atoms with Gasteiger partial charge < -0.3 is 5.11 Å². The molecule has 1 aromatic heterocycles. The molecule has 1 N–H and O–H groups in total. The second-order valence-electron chi connectivity index (χ2n) is 3.97. The molecule has 0 radical (unpaired) electrons. The predicted octanol–water partition coefficient (Wildman–Crippen LogP) is 3.19. The summed E-state index contributed by atoms with van der Waals surface area (Å²) in [6, 6.07) is 7.78. The molecule has 1 atom stereocenters. The summed E-state index contributed by atoms with van der Waals surface area (Å²) in [6.07, 6.45) is 3.39. The summed E-state index contributed by atoms with van der Waals surface area (Å²) in [5, 5.41) is 13.2. The van der Waals surface area contributed by atoms with E-state index in [1.807, 2.05) is 29.6 Å². The van der Waals surface area contributed by atoms with E-state index >= 15 is 0 Å². The maximum Gasteiger partial charge on any atom is 0.0928 e. The van der Waals surface area contributed by atoms with Crippen LogP contribution in [0, 0.1) is 5.92 Å². The van der Waals surface area contributed by atoms with Crippen molar-refractivity contribution in [3.8, 4) is 0 Å². The van der Waals surface area contributed by atoms with E-state index < -0.39 is 0 Å². The van der Waals surface area contributed by atoms with Gasteiger partial charge in [0.2, 0.25) is 0 Å². The molecule has 1 heterocycles. The smallest absolute Gasteiger partial charge is 0.0928 e. The van der Waals surface area contributed by atoms with Gasteiger partial charge in [0, 0.05) is 29.6 Å². The quantitative estimate of drug-likeness (QED) is 0.903. The fourth-order valence-electron chi connectivity index (χ4n) is 1.78. The van der Waals surface area contributed by atoms with Crippen LogP contribution in [-0.4, -0.2) is 16.7 Å². The molecule has 4 heteroatoms. The molecule has 1 unspecified atom stereocenters. The van der Waals surface area contributed by atoms with Gasteiger partial charge in [-0.1, -0.05) is 29.8 Å². The first kappa shape index (κ1) is 12.6. The third-order valence-electron chi connectivity index (χ3n) is 2.67. The van der Waals surface area contributed by atoms with Crippen molar-refractivity contribution in [2.75, 3.05) is 6.61 Å². The van der Waals surface area contributed by atoms with Crippen molar-refractivity contribution < 1.29 is 5.11 Å². The van der Waals surface area contributed by atoms with Crippen molar-refractivity contribution in [1.82, 2.24) is 4.98 Å². The van der Waals surface area contributed by atoms with Crippen LogP contribution in [0.4, 0.5) is 0 Å². The second-order valence-corrected chi connectivity index (χ2v) is 5.36. The fourth-order valence-corrected chi connectivity index (χ4v) is 2.72. The van der Waals surface area contributed by atoms with E-state index in [4.69, 9.17) is 11.6 Å². The normalized spacial score (nSPS) is 12.6. The number of aromatic nitrogens is 1. The van der Waals surface area contributed by atoms with Gasteiger partial charge in [0.05, 0.1) is 5.01 Å². The van der Waals surface area contributed by atoms with Gasteiger partial charge in [0.1, 0.15) is 0 Å². The van der Waals surface area contributed by atoms with Gasteiger partial charge in [-0.15, -0.1) is 11.3 Å². The Kier molecular flexibility index (Phi) is 4.54. The van der Waals surface area contributed by atoms with Gasteiger partial charge in [-0.05, 0) is 24.0 Å². The van der Waals surface area contributed by atoms with Crippen molar-refractivity contribution in [2.45, 2.75) is 12.8 Å². The van der Waals surface area contributed by atoms with Gasteiger partial charge in [0.15, 0.2) is 0 Å². The molecule has 0 spiro atoms. The molecule has 2 aromatic rings. The summed E-state index contributed by atoms with van der Waals surface area (Å²) >= 11 is 7.74. The Labute approximate surface area is 110 Å². The van der Waals surface area contributed by atoms with Crippen LogP contribution in [-0.2, 0) is 12.8 Å². The number of hydrogen-bond acceptors (Lipinski definition) is 3. The Morgan fingerprint density at radius 3 is 2.76 bits per heavy atom. The average molecular weight is 268 g/mol. The molecule has 1 aromatic carbocycles. The molecule has 0 fully saturated rings. The molecule has 0 aliphatic carbocycles. The third-order valence-corrected chi connectivity index (χ3v) is 3.84. The highest BCUT2D eigenvalue weighted by atomic mass is 35.5. The van der Waals surface area contributed by atoms with E-state index in [2.05, 4.69) is 4.98 Å². The fraction of sp³-hybridized carbons (Fsp3) is 0.308. The SMILES string of the molecule is OCC(Cc1nccs1)Cc1ccccc1Cl. The molecule has 2 nitrogen and oxygen atoms in total. The van der Waals surface area contributed by atoms with Crippen molar-refractivity contribution >= 4 is 22.9 Å². The lowest BCUT2D eigenvalue weighted by Gasteiger charge is -2.13. The maximum absolute atomic E-state index is 9.41. The van der Waals surface area contributed by atoms with Gasteiger partial charge in [-0.3, -0.25) is 0 Å². The molecule has 17 heavy (non-hydrogen) atoms. The van der Waals surface area contributed by atoms with Gasteiger partial charge in [0.25, 0.3) is 0 Å². The second kappa shape index (κ2) is 6.15. The number of halogens is 1. The van der Waals surface area contributed by atoms with Crippen molar-refractivity contribution in [2.24, 2.45) is 5.92 Å². The zero-order valence-electron chi connectivity index (χ0n) is 9.34. The third kappa shape index (κ3) is 3.53. The van der Waals surface area contributed by atoms with Crippen molar-refractivity contribution in [3.05, 3.63) is 51.4 Å². The van der Waals surface area contributed by atoms with Crippen LogP contribution in [0.25, 0.3) is 0 Å². The molecule has 0 saturated heterocycles. The van der Waals surface area contributed by atoms with E-state index in [0.29, 0.717) is 0 Å². The van der Waals surface area contributed by atoms with Crippen LogP contribution in [0.5, 0.6) is 0 Å². The number of aliphatic hydroxyl groups excluding tert-OH is 1. The van der Waals surface area contributed by atoms with Crippen LogP contribution in [0.1, 0.15) is 10.6 Å². The number of rotatable bonds is 5. The Hall–Kier alpha value is -0.900. The zero-order valence-corrected chi connectivity index (χ0v) is 10.9. The lowest BCUT2D eigenvalue weighted by atomic mass is 9.97. The minimum atomic E-state index is 0.158. The van der Waals surface area contributed by atoms with Crippen LogP contribution in [0.3, 0.4) is 0 Å². The van der Waals surface area contributed by atoms with Crippen molar-refractivity contribution in [1.29, 1.82) is 0 Å². The molecule has 0 saturated carbocycles. The first-order chi connectivity index (χ1) is 8.29. The van der Waals surface area contributed by atoms with Gasteiger partial charge >= 0.3 is 0 Å². The van der Waals surface area contributed by atoms with Crippen molar-refractivity contribution in [3.63, 3.8) is 0 Å². The van der Waals surface area contributed by atoms with Gasteiger partial charge in [-0.2, -0.15) is 0 Å². The minimum Gasteiger partial charge on any atom is -0.396 e. The minimum absolute atomic E-state index is 0.158. The van der Waals surface area contributed by atoms with E-state index in [1.54, 1.807) is 17.5 Å². The lowest BCUT2D eigenvalue weighted by Crippen LogP contribution is -2.13. The van der Waals surface area contributed by atoms with Gasteiger partial charge in [-0.25, -0.2) is 4.98 Å². The van der Waals surface area contributed by atoms with Crippen LogP contribution < -0.4 is 0 Å². The number of aliphatic hydroxyl groups is 1. The average Bonchev–Trinajstić information content (AvgIpc) is 2.84. The van der Waals surface area contributed by atoms with E-state index in [0.717, 1.165) is 28.4 Å². The molecule has 90 valence electrons. The van der Waals surface area contributed by atoms with Crippen LogP contribution in [0.15, 0.2) is 35.8 Å². The molecular weight excluding hydrogens is 254 g/mol. The maximum atomic E-state index is 9.41. The molecule has 0 amide bonds. The monoisotopic (exact) mass is 267 g/mol. The summed E-state index contributed by atoms with van der Waals surface area (Å²) in [6.45, 7) is 0.158. The molecule has 0 aliphatic heterocycles. The number of hydrogen-bond donors (Lipinski definition) is 1. The largest absolute Gasteiger partial charge is 0.396 e. The van der Waals surface area contributed by atoms with Crippen LogP contribution in [0.2, 0.25) is 5.02 Å². The summed E-state index contributed by atoms with van der Waals surface area (Å²) < 4.78 is 0. The topological polar surface area (TPSA) is 33.1 Å². The molecule has 2 rings (SSSR count). The first-order valence-corrected chi connectivity index (χ1v) is 6.78. The Morgan fingerprint density at radius 2 is 2.12 bits per heavy atom. The predicted molar refractivity (Wildman–Crippen MR) is 71.5 cm³/mol. The Bertz CT molecular complexity index is 458. The highest BCUT2D eigenvalue weighted by Crippen LogP contribution is 2.21. The Balaban J connectivity index is 2.03. The summed E-state index contributed by atoms with van der Waals surface area (Å²) in [7, 11) is 0. The standard InChI is InChI=1S/C13H14ClNOS/c14-12-4-2-1-3-11(12)7-10(9-16)8-13-15-5-6-17-13/h1-6,10,16H,7-9H2. The van der Waals surface area contributed by atoms with Crippen LogP contribution >= 0.6 is 22.9 Å². The summed E-state index contributed by atoms with van der Waals surface area (Å²) in [5.74, 6) is 0.182. The summed E-state index contributed by atoms with van der Waals surface area (Å²) in [4.78, 5) is 4.24. The molecule has 0 aliphatic rings. The van der Waals surface area contributed by atoms with E-state index in [9.17, 15) is 5.11 Å². The summed E-state index contributed by atoms with van der Waals surface area (Å²) in [5.41, 5.74) is 1.09. The lowest BCUT2D eigenvalue weighted by molar-refractivity contribution is 0.225. The molecule has 0 bridgehead atoms. The number of nitrogens with zero attached hydrogens (tertiary/aromatic N) is 1. The number of benzene rings is 1. The number of thiazole rings is 1. The Morgan fingerprint density at radius 1 is 1.29 bits per heavy atom. The highest BCUT2D eigenvalue weighted by molar-refractivity contribution is 7.09. The van der Waals surface area contributed by atoms with E-state index in [-0.39, 0.29) is 12.5 Å².